The first-order valence-corrected chi connectivity index (χ1v) is 7.90. The van der Waals surface area contributed by atoms with Gasteiger partial charge in [0, 0.05) is 9.61 Å². The van der Waals surface area contributed by atoms with E-state index in [1.807, 2.05) is 0 Å². The number of aryl methyl sites for hydroxylation is 1. The highest BCUT2D eigenvalue weighted by Crippen LogP contribution is 2.20. The van der Waals surface area contributed by atoms with Gasteiger partial charge in [-0.1, -0.05) is 49.4 Å². The summed E-state index contributed by atoms with van der Waals surface area (Å²) in [5.74, 6) is 0. The minimum atomic E-state index is 0.446. The Balaban J connectivity index is 2.02. The SMILES string of the molecule is CCNC(CCc1ccccc1)c1ccc(I)cc1. The number of halogens is 1. The number of hydrogen-bond acceptors (Lipinski definition) is 1. The van der Waals surface area contributed by atoms with E-state index >= 15 is 0 Å². The lowest BCUT2D eigenvalue weighted by atomic mass is 9.99. The zero-order valence-corrected chi connectivity index (χ0v) is 13.4. The summed E-state index contributed by atoms with van der Waals surface area (Å²) in [4.78, 5) is 0. The molecule has 0 aromatic heterocycles. The van der Waals surface area contributed by atoms with Crippen LogP contribution in [-0.2, 0) is 6.42 Å². The summed E-state index contributed by atoms with van der Waals surface area (Å²) in [6.45, 7) is 3.17. The molecule has 2 aromatic carbocycles. The Labute approximate surface area is 129 Å². The van der Waals surface area contributed by atoms with E-state index in [9.17, 15) is 0 Å². The second kappa shape index (κ2) is 7.65. The predicted molar refractivity (Wildman–Crippen MR) is 90.3 cm³/mol. The van der Waals surface area contributed by atoms with Gasteiger partial charge in [0.05, 0.1) is 0 Å². The second-order valence-corrected chi connectivity index (χ2v) is 5.93. The van der Waals surface area contributed by atoms with Gasteiger partial charge in [-0.25, -0.2) is 0 Å². The normalized spacial score (nSPS) is 12.3. The molecule has 0 radical (unpaired) electrons. The van der Waals surface area contributed by atoms with Crippen molar-refractivity contribution in [2.75, 3.05) is 6.54 Å². The van der Waals surface area contributed by atoms with E-state index in [2.05, 4.69) is 89.4 Å². The van der Waals surface area contributed by atoms with Crippen LogP contribution in [-0.4, -0.2) is 6.54 Å². The predicted octanol–water partition coefficient (Wildman–Crippen LogP) is 4.57. The maximum atomic E-state index is 3.59. The quantitative estimate of drug-likeness (QED) is 0.740. The Morgan fingerprint density at radius 3 is 2.32 bits per heavy atom. The first-order chi connectivity index (χ1) is 9.29. The molecule has 0 heterocycles. The molecule has 1 unspecified atom stereocenters. The van der Waals surface area contributed by atoms with Crippen molar-refractivity contribution < 1.29 is 0 Å². The minimum absolute atomic E-state index is 0.446. The van der Waals surface area contributed by atoms with Crippen molar-refractivity contribution in [2.24, 2.45) is 0 Å². The molecule has 19 heavy (non-hydrogen) atoms. The lowest BCUT2D eigenvalue weighted by Crippen LogP contribution is -2.21. The van der Waals surface area contributed by atoms with E-state index in [-0.39, 0.29) is 0 Å². The van der Waals surface area contributed by atoms with Crippen molar-refractivity contribution >= 4 is 22.6 Å². The molecule has 1 atom stereocenters. The average Bonchev–Trinajstić information content (AvgIpc) is 2.46. The van der Waals surface area contributed by atoms with E-state index < -0.39 is 0 Å². The second-order valence-electron chi connectivity index (χ2n) is 4.69. The number of hydrogen-bond donors (Lipinski definition) is 1. The topological polar surface area (TPSA) is 12.0 Å². The third-order valence-electron chi connectivity index (χ3n) is 3.29. The molecular weight excluding hydrogens is 345 g/mol. The van der Waals surface area contributed by atoms with Crippen molar-refractivity contribution in [3.63, 3.8) is 0 Å². The van der Waals surface area contributed by atoms with Crippen molar-refractivity contribution in [1.82, 2.24) is 5.32 Å². The van der Waals surface area contributed by atoms with Crippen LogP contribution < -0.4 is 5.32 Å². The molecule has 0 fully saturated rings. The summed E-state index contributed by atoms with van der Waals surface area (Å²) >= 11 is 2.35. The molecule has 2 heteroatoms. The summed E-state index contributed by atoms with van der Waals surface area (Å²) in [6.07, 6.45) is 2.25. The molecule has 2 rings (SSSR count). The third kappa shape index (κ3) is 4.62. The van der Waals surface area contributed by atoms with Gasteiger partial charge in [0.1, 0.15) is 0 Å². The average molecular weight is 365 g/mol. The fourth-order valence-corrected chi connectivity index (χ4v) is 2.64. The van der Waals surface area contributed by atoms with Gasteiger partial charge in [-0.05, 0) is 65.2 Å². The van der Waals surface area contributed by atoms with Gasteiger partial charge in [-0.3, -0.25) is 0 Å². The molecule has 0 aliphatic carbocycles. The smallest absolute Gasteiger partial charge is 0.0323 e. The fraction of sp³-hybridized carbons (Fsp3) is 0.294. The van der Waals surface area contributed by atoms with Crippen molar-refractivity contribution in [2.45, 2.75) is 25.8 Å². The van der Waals surface area contributed by atoms with E-state index in [1.54, 1.807) is 0 Å². The van der Waals surface area contributed by atoms with Gasteiger partial charge in [0.25, 0.3) is 0 Å². The van der Waals surface area contributed by atoms with Gasteiger partial charge < -0.3 is 5.32 Å². The molecule has 2 aromatic rings. The molecule has 100 valence electrons. The van der Waals surface area contributed by atoms with Crippen LogP contribution in [0.5, 0.6) is 0 Å². The lowest BCUT2D eigenvalue weighted by Gasteiger charge is -2.18. The van der Waals surface area contributed by atoms with E-state index in [0.29, 0.717) is 6.04 Å². The minimum Gasteiger partial charge on any atom is -0.310 e. The summed E-state index contributed by atoms with van der Waals surface area (Å²) in [5, 5.41) is 3.59. The van der Waals surface area contributed by atoms with E-state index in [1.165, 1.54) is 14.7 Å². The number of rotatable bonds is 6. The zero-order chi connectivity index (χ0) is 13.5. The molecule has 0 aliphatic rings. The summed E-state index contributed by atoms with van der Waals surface area (Å²) < 4.78 is 1.29. The molecular formula is C17H20IN. The van der Waals surface area contributed by atoms with Crippen LogP contribution in [0.3, 0.4) is 0 Å². The third-order valence-corrected chi connectivity index (χ3v) is 4.01. The van der Waals surface area contributed by atoms with Crippen LogP contribution >= 0.6 is 22.6 Å². The molecule has 1 N–H and O–H groups in total. The first-order valence-electron chi connectivity index (χ1n) is 6.82. The van der Waals surface area contributed by atoms with Gasteiger partial charge in [-0.15, -0.1) is 0 Å². The molecule has 1 nitrogen and oxygen atoms in total. The van der Waals surface area contributed by atoms with Crippen LogP contribution in [0.1, 0.15) is 30.5 Å². The fourth-order valence-electron chi connectivity index (χ4n) is 2.28. The molecule has 0 amide bonds. The van der Waals surface area contributed by atoms with Crippen molar-refractivity contribution in [3.8, 4) is 0 Å². The van der Waals surface area contributed by atoms with Gasteiger partial charge >= 0.3 is 0 Å². The Kier molecular flexibility index (Phi) is 5.86. The Morgan fingerprint density at radius 1 is 1.00 bits per heavy atom. The summed E-state index contributed by atoms with van der Waals surface area (Å²) in [6, 6.07) is 20.0. The highest BCUT2D eigenvalue weighted by Gasteiger charge is 2.10. The Hall–Kier alpha value is -0.870. The summed E-state index contributed by atoms with van der Waals surface area (Å²) in [7, 11) is 0. The van der Waals surface area contributed by atoms with Gasteiger partial charge in [-0.2, -0.15) is 0 Å². The largest absolute Gasteiger partial charge is 0.310 e. The highest BCUT2D eigenvalue weighted by molar-refractivity contribution is 14.1. The summed E-state index contributed by atoms with van der Waals surface area (Å²) in [5.41, 5.74) is 2.80. The van der Waals surface area contributed by atoms with Crippen LogP contribution in [0.4, 0.5) is 0 Å². The number of benzene rings is 2. The zero-order valence-electron chi connectivity index (χ0n) is 11.3. The highest BCUT2D eigenvalue weighted by atomic mass is 127. The molecule has 0 bridgehead atoms. The van der Waals surface area contributed by atoms with Crippen molar-refractivity contribution in [3.05, 3.63) is 69.3 Å². The lowest BCUT2D eigenvalue weighted by molar-refractivity contribution is 0.515. The van der Waals surface area contributed by atoms with Crippen molar-refractivity contribution in [1.29, 1.82) is 0 Å². The maximum absolute atomic E-state index is 3.59. The first kappa shape index (κ1) is 14.5. The molecule has 0 spiro atoms. The maximum Gasteiger partial charge on any atom is 0.0323 e. The number of nitrogens with one attached hydrogen (secondary N) is 1. The van der Waals surface area contributed by atoms with Gasteiger partial charge in [0.15, 0.2) is 0 Å². The Morgan fingerprint density at radius 2 is 1.68 bits per heavy atom. The van der Waals surface area contributed by atoms with Crippen LogP contribution in [0.25, 0.3) is 0 Å². The molecule has 0 aliphatic heterocycles. The monoisotopic (exact) mass is 365 g/mol. The van der Waals surface area contributed by atoms with Gasteiger partial charge in [0.2, 0.25) is 0 Å². The Bertz CT molecular complexity index is 478. The molecule has 0 saturated heterocycles. The molecule has 0 saturated carbocycles. The van der Waals surface area contributed by atoms with Crippen LogP contribution in [0, 0.1) is 3.57 Å². The van der Waals surface area contributed by atoms with E-state index in [0.717, 1.165) is 19.4 Å². The standard InChI is InChI=1S/C17H20IN/c1-2-19-17(15-9-11-16(18)12-10-15)13-8-14-6-4-3-5-7-14/h3-7,9-12,17,19H,2,8,13H2,1H3. The van der Waals surface area contributed by atoms with Crippen LogP contribution in [0.2, 0.25) is 0 Å². The van der Waals surface area contributed by atoms with E-state index in [4.69, 9.17) is 0 Å². The van der Waals surface area contributed by atoms with Crippen LogP contribution in [0.15, 0.2) is 54.6 Å².